The minimum atomic E-state index is -0.147. The zero-order valence-corrected chi connectivity index (χ0v) is 12.6. The molecule has 0 fully saturated rings. The number of halogens is 2. The van der Waals surface area contributed by atoms with Gasteiger partial charge < -0.3 is 0 Å². The quantitative estimate of drug-likeness (QED) is 0.637. The topological polar surface area (TPSA) is 0 Å². The van der Waals surface area contributed by atoms with Gasteiger partial charge in [0.05, 0.1) is 0 Å². The van der Waals surface area contributed by atoms with Gasteiger partial charge in [-0.1, -0.05) is 39.8 Å². The molecule has 1 heterocycles. The minimum Gasteiger partial charge on any atom is -0.207 e. The van der Waals surface area contributed by atoms with Crippen molar-refractivity contribution in [3.8, 4) is 0 Å². The molecular formula is C16H20F2S. The molecule has 0 saturated heterocycles. The van der Waals surface area contributed by atoms with E-state index in [1.54, 1.807) is 12.1 Å². The molecule has 0 saturated carbocycles. The van der Waals surface area contributed by atoms with Gasteiger partial charge in [-0.3, -0.25) is 0 Å². The Morgan fingerprint density at radius 3 is 1.89 bits per heavy atom. The van der Waals surface area contributed by atoms with Crippen LogP contribution < -0.4 is 0 Å². The van der Waals surface area contributed by atoms with Crippen LogP contribution in [0.15, 0.2) is 36.4 Å². The molecule has 104 valence electrons. The second-order valence-electron chi connectivity index (χ2n) is 5.01. The van der Waals surface area contributed by atoms with E-state index < -0.39 is 0 Å². The smallest absolute Gasteiger partial charge is 0.176 e. The van der Waals surface area contributed by atoms with Crippen molar-refractivity contribution >= 4 is 11.3 Å². The fourth-order valence-electron chi connectivity index (χ4n) is 1.50. The number of thiophene rings is 1. The lowest BCUT2D eigenvalue weighted by Crippen LogP contribution is -1.86. The van der Waals surface area contributed by atoms with Gasteiger partial charge in [0.15, 0.2) is 5.13 Å². The molecule has 0 bridgehead atoms. The van der Waals surface area contributed by atoms with Crippen LogP contribution in [0.3, 0.4) is 0 Å². The van der Waals surface area contributed by atoms with Gasteiger partial charge >= 0.3 is 0 Å². The van der Waals surface area contributed by atoms with E-state index in [2.05, 4.69) is 27.7 Å². The summed E-state index contributed by atoms with van der Waals surface area (Å²) in [7, 11) is 0. The molecule has 0 amide bonds. The lowest BCUT2D eigenvalue weighted by atomic mass is 10.0. The first kappa shape index (κ1) is 15.8. The zero-order chi connectivity index (χ0) is 14.4. The van der Waals surface area contributed by atoms with E-state index in [9.17, 15) is 8.78 Å². The predicted octanol–water partition coefficient (Wildman–Crippen LogP) is 5.96. The van der Waals surface area contributed by atoms with E-state index in [1.807, 2.05) is 12.1 Å². The number of rotatable bonds is 2. The maximum atomic E-state index is 12.5. The largest absolute Gasteiger partial charge is 0.207 e. The van der Waals surface area contributed by atoms with E-state index >= 15 is 0 Å². The SMILES string of the molecule is CC(C)c1ccc(F)s1.CC(C)c1cccc(F)c1. The van der Waals surface area contributed by atoms with E-state index in [4.69, 9.17) is 0 Å². The summed E-state index contributed by atoms with van der Waals surface area (Å²) in [6.45, 7) is 8.22. The summed E-state index contributed by atoms with van der Waals surface area (Å²) < 4.78 is 24.8. The van der Waals surface area contributed by atoms with Crippen molar-refractivity contribution in [3.63, 3.8) is 0 Å². The Morgan fingerprint density at radius 1 is 0.895 bits per heavy atom. The fourth-order valence-corrected chi connectivity index (χ4v) is 2.24. The molecule has 1 aromatic carbocycles. The van der Waals surface area contributed by atoms with Crippen molar-refractivity contribution < 1.29 is 8.78 Å². The van der Waals surface area contributed by atoms with Gasteiger partial charge in [-0.05, 0) is 41.7 Å². The summed E-state index contributed by atoms with van der Waals surface area (Å²) in [5.74, 6) is 0.724. The first-order chi connectivity index (χ1) is 8.90. The van der Waals surface area contributed by atoms with Crippen LogP contribution >= 0.6 is 11.3 Å². The molecule has 0 nitrogen and oxygen atoms in total. The lowest BCUT2D eigenvalue weighted by molar-refractivity contribution is 0.623. The highest BCUT2D eigenvalue weighted by Crippen LogP contribution is 2.22. The van der Waals surface area contributed by atoms with Gasteiger partial charge in [-0.25, -0.2) is 4.39 Å². The average Bonchev–Trinajstić information content (AvgIpc) is 2.77. The van der Waals surface area contributed by atoms with Crippen LogP contribution in [0, 0.1) is 10.9 Å². The normalized spacial score (nSPS) is 10.5. The third-order valence-electron chi connectivity index (χ3n) is 2.68. The van der Waals surface area contributed by atoms with E-state index in [1.165, 1.54) is 23.5 Å². The monoisotopic (exact) mass is 282 g/mol. The van der Waals surface area contributed by atoms with Gasteiger partial charge in [0.2, 0.25) is 0 Å². The van der Waals surface area contributed by atoms with Crippen LogP contribution in [0.2, 0.25) is 0 Å². The van der Waals surface area contributed by atoms with Gasteiger partial charge in [-0.15, -0.1) is 11.3 Å². The van der Waals surface area contributed by atoms with Crippen molar-refractivity contribution in [1.29, 1.82) is 0 Å². The molecule has 0 atom stereocenters. The third kappa shape index (κ3) is 5.52. The Hall–Kier alpha value is -1.22. The molecule has 2 rings (SSSR count). The molecule has 0 aliphatic rings. The molecule has 0 aliphatic heterocycles. The Labute approximate surface area is 118 Å². The van der Waals surface area contributed by atoms with Crippen LogP contribution in [-0.4, -0.2) is 0 Å². The molecule has 3 heteroatoms. The summed E-state index contributed by atoms with van der Waals surface area (Å²) in [4.78, 5) is 1.12. The first-order valence-electron chi connectivity index (χ1n) is 6.41. The number of hydrogen-bond acceptors (Lipinski definition) is 1. The highest BCUT2D eigenvalue weighted by atomic mass is 32.1. The third-order valence-corrected chi connectivity index (χ3v) is 3.85. The fraction of sp³-hybridized carbons (Fsp3) is 0.375. The molecule has 1 aromatic heterocycles. The van der Waals surface area contributed by atoms with Crippen LogP contribution in [0.1, 0.15) is 50.0 Å². The summed E-state index contributed by atoms with van der Waals surface area (Å²) in [6.07, 6.45) is 0. The molecule has 2 aromatic rings. The number of benzene rings is 1. The van der Waals surface area contributed by atoms with E-state index in [-0.39, 0.29) is 10.9 Å². The predicted molar refractivity (Wildman–Crippen MR) is 78.9 cm³/mol. The summed E-state index contributed by atoms with van der Waals surface area (Å²) in [5.41, 5.74) is 1.06. The molecule has 0 radical (unpaired) electrons. The average molecular weight is 282 g/mol. The second-order valence-corrected chi connectivity index (χ2v) is 6.07. The summed E-state index contributed by atoms with van der Waals surface area (Å²) in [6, 6.07) is 10.1. The van der Waals surface area contributed by atoms with Crippen molar-refractivity contribution in [3.05, 3.63) is 57.8 Å². The Kier molecular flexibility index (Phi) is 6.16. The van der Waals surface area contributed by atoms with Gasteiger partial charge in [-0.2, -0.15) is 4.39 Å². The highest BCUT2D eigenvalue weighted by Gasteiger charge is 2.01. The molecule has 0 spiro atoms. The van der Waals surface area contributed by atoms with Crippen molar-refractivity contribution in [1.82, 2.24) is 0 Å². The summed E-state index contributed by atoms with van der Waals surface area (Å²) in [5, 5.41) is -0.0845. The molecule has 0 N–H and O–H groups in total. The van der Waals surface area contributed by atoms with Crippen LogP contribution in [0.25, 0.3) is 0 Å². The van der Waals surface area contributed by atoms with Gasteiger partial charge in [0, 0.05) is 4.88 Å². The van der Waals surface area contributed by atoms with Crippen LogP contribution in [0.4, 0.5) is 8.78 Å². The summed E-state index contributed by atoms with van der Waals surface area (Å²) >= 11 is 1.23. The Bertz CT molecular complexity index is 501. The van der Waals surface area contributed by atoms with Crippen molar-refractivity contribution in [2.45, 2.75) is 39.5 Å². The zero-order valence-electron chi connectivity index (χ0n) is 11.8. The molecule has 0 aliphatic carbocycles. The van der Waals surface area contributed by atoms with Gasteiger partial charge in [0.1, 0.15) is 5.82 Å². The maximum Gasteiger partial charge on any atom is 0.176 e. The first-order valence-corrected chi connectivity index (χ1v) is 7.22. The molecular weight excluding hydrogens is 262 g/mol. The highest BCUT2D eigenvalue weighted by molar-refractivity contribution is 7.10. The van der Waals surface area contributed by atoms with E-state index in [0.717, 1.165) is 10.4 Å². The van der Waals surface area contributed by atoms with E-state index in [0.29, 0.717) is 11.8 Å². The van der Waals surface area contributed by atoms with Crippen molar-refractivity contribution in [2.75, 3.05) is 0 Å². The Morgan fingerprint density at radius 2 is 1.58 bits per heavy atom. The number of hydrogen-bond donors (Lipinski definition) is 0. The van der Waals surface area contributed by atoms with Crippen LogP contribution in [-0.2, 0) is 0 Å². The lowest BCUT2D eigenvalue weighted by Gasteiger charge is -2.02. The van der Waals surface area contributed by atoms with Crippen LogP contribution in [0.5, 0.6) is 0 Å². The Balaban J connectivity index is 0.000000191. The molecule has 0 unspecified atom stereocenters. The van der Waals surface area contributed by atoms with Gasteiger partial charge in [0.25, 0.3) is 0 Å². The second kappa shape index (κ2) is 7.39. The standard InChI is InChI=1S/C9H11F.C7H9FS/c1-7(2)8-4-3-5-9(10)6-8;1-5(2)6-3-4-7(8)9-6/h3-7H,1-2H3;3-5H,1-2H3. The molecule has 19 heavy (non-hydrogen) atoms. The maximum absolute atomic E-state index is 12.5. The minimum absolute atomic E-state index is 0.0845. The van der Waals surface area contributed by atoms with Crippen molar-refractivity contribution in [2.24, 2.45) is 0 Å².